The molecular formula is C18H20O4. The van der Waals surface area contributed by atoms with Gasteiger partial charge in [0.05, 0.1) is 19.6 Å². The summed E-state index contributed by atoms with van der Waals surface area (Å²) in [5.41, 5.74) is 1.10. The highest BCUT2D eigenvalue weighted by molar-refractivity contribution is 5.96. The number of carbonyl (C=O) groups is 1. The lowest BCUT2D eigenvalue weighted by Crippen LogP contribution is -2.36. The Labute approximate surface area is 129 Å². The van der Waals surface area contributed by atoms with Crippen molar-refractivity contribution in [1.82, 2.24) is 0 Å². The van der Waals surface area contributed by atoms with Crippen LogP contribution in [0.3, 0.4) is 0 Å². The van der Waals surface area contributed by atoms with Crippen molar-refractivity contribution in [2.45, 2.75) is 31.6 Å². The molecule has 0 radical (unpaired) electrons. The van der Waals surface area contributed by atoms with Crippen molar-refractivity contribution in [3.63, 3.8) is 0 Å². The highest BCUT2D eigenvalue weighted by Gasteiger charge is 2.40. The van der Waals surface area contributed by atoms with Gasteiger partial charge in [-0.2, -0.15) is 0 Å². The number of hydrogen-bond donors (Lipinski definition) is 1. The molecule has 2 aromatic rings. The van der Waals surface area contributed by atoms with E-state index in [1.807, 2.05) is 24.3 Å². The lowest BCUT2D eigenvalue weighted by Gasteiger charge is -2.33. The first kappa shape index (κ1) is 14.7. The van der Waals surface area contributed by atoms with Crippen molar-refractivity contribution in [3.8, 4) is 11.5 Å². The van der Waals surface area contributed by atoms with Gasteiger partial charge in [-0.3, -0.25) is 4.79 Å². The van der Waals surface area contributed by atoms with Gasteiger partial charge in [0.1, 0.15) is 11.5 Å². The Balaban J connectivity index is 2.38. The number of rotatable bonds is 3. The Kier molecular flexibility index (Phi) is 3.47. The predicted octanol–water partition coefficient (Wildman–Crippen LogP) is 3.54. The first-order valence-corrected chi connectivity index (χ1v) is 7.42. The van der Waals surface area contributed by atoms with Crippen LogP contribution in [0, 0.1) is 0 Å². The van der Waals surface area contributed by atoms with E-state index in [1.54, 1.807) is 21.1 Å². The van der Waals surface area contributed by atoms with E-state index in [1.165, 1.54) is 0 Å². The number of aliphatic carboxylic acids is 1. The van der Waals surface area contributed by atoms with Gasteiger partial charge in [-0.05, 0) is 67.0 Å². The zero-order valence-electron chi connectivity index (χ0n) is 13.1. The van der Waals surface area contributed by atoms with Crippen LogP contribution in [0.1, 0.15) is 30.9 Å². The van der Waals surface area contributed by atoms with Crippen LogP contribution < -0.4 is 9.47 Å². The quantitative estimate of drug-likeness (QED) is 0.942. The fraction of sp³-hybridized carbons (Fsp3) is 0.389. The standard InChI is InChI=1S/C18H20O4/c1-18(17(19)20)8-4-5-12-14-9-11(21-2)6-7-13(14)16(22-3)10-15(12)18/h6-7,9-10H,4-5,8H2,1-3H3,(H,19,20). The molecule has 0 aliphatic heterocycles. The Morgan fingerprint density at radius 1 is 1.18 bits per heavy atom. The molecule has 2 aromatic carbocycles. The second kappa shape index (κ2) is 5.20. The third-order valence-corrected chi connectivity index (χ3v) is 4.81. The molecule has 4 nitrogen and oxygen atoms in total. The monoisotopic (exact) mass is 300 g/mol. The average Bonchev–Trinajstić information content (AvgIpc) is 2.53. The second-order valence-electron chi connectivity index (χ2n) is 6.01. The zero-order valence-corrected chi connectivity index (χ0v) is 13.1. The molecule has 0 bridgehead atoms. The predicted molar refractivity (Wildman–Crippen MR) is 85.0 cm³/mol. The normalized spacial score (nSPS) is 20.5. The van der Waals surface area contributed by atoms with Crippen LogP contribution in [0.25, 0.3) is 10.8 Å². The van der Waals surface area contributed by atoms with E-state index in [0.717, 1.165) is 40.5 Å². The maximum Gasteiger partial charge on any atom is 0.313 e. The summed E-state index contributed by atoms with van der Waals surface area (Å²) in [7, 11) is 3.25. The Hall–Kier alpha value is -2.23. The van der Waals surface area contributed by atoms with Gasteiger partial charge in [0.25, 0.3) is 0 Å². The van der Waals surface area contributed by atoms with Crippen molar-refractivity contribution >= 4 is 16.7 Å². The first-order chi connectivity index (χ1) is 10.5. The van der Waals surface area contributed by atoms with Crippen LogP contribution in [-0.4, -0.2) is 25.3 Å². The highest BCUT2D eigenvalue weighted by Crippen LogP contribution is 2.44. The van der Waals surface area contributed by atoms with Gasteiger partial charge in [-0.1, -0.05) is 0 Å². The highest BCUT2D eigenvalue weighted by atomic mass is 16.5. The molecule has 22 heavy (non-hydrogen) atoms. The molecular weight excluding hydrogens is 280 g/mol. The summed E-state index contributed by atoms with van der Waals surface area (Å²) >= 11 is 0. The molecule has 0 aromatic heterocycles. The van der Waals surface area contributed by atoms with Gasteiger partial charge < -0.3 is 14.6 Å². The Morgan fingerprint density at radius 3 is 2.59 bits per heavy atom. The van der Waals surface area contributed by atoms with Crippen LogP contribution in [0.15, 0.2) is 24.3 Å². The Bertz CT molecular complexity index is 750. The van der Waals surface area contributed by atoms with Gasteiger partial charge in [-0.15, -0.1) is 0 Å². The fourth-order valence-corrected chi connectivity index (χ4v) is 3.46. The molecule has 1 atom stereocenters. The van der Waals surface area contributed by atoms with Crippen LogP contribution in [0.2, 0.25) is 0 Å². The van der Waals surface area contributed by atoms with Gasteiger partial charge in [0.15, 0.2) is 0 Å². The molecule has 1 N–H and O–H groups in total. The summed E-state index contributed by atoms with van der Waals surface area (Å²) in [4.78, 5) is 11.8. The number of hydrogen-bond acceptors (Lipinski definition) is 3. The van der Waals surface area contributed by atoms with Crippen molar-refractivity contribution in [2.24, 2.45) is 0 Å². The molecule has 3 rings (SSSR count). The lowest BCUT2D eigenvalue weighted by molar-refractivity contribution is -0.143. The number of carboxylic acids is 1. The van der Waals surface area contributed by atoms with Crippen molar-refractivity contribution < 1.29 is 19.4 Å². The number of methoxy groups -OCH3 is 2. The van der Waals surface area contributed by atoms with Crippen molar-refractivity contribution in [1.29, 1.82) is 0 Å². The van der Waals surface area contributed by atoms with Gasteiger partial charge >= 0.3 is 5.97 Å². The van der Waals surface area contributed by atoms with Crippen LogP contribution in [0.4, 0.5) is 0 Å². The number of fused-ring (bicyclic) bond motifs is 3. The molecule has 0 saturated heterocycles. The van der Waals surface area contributed by atoms with Crippen LogP contribution >= 0.6 is 0 Å². The van der Waals surface area contributed by atoms with Gasteiger partial charge in [0, 0.05) is 5.39 Å². The summed E-state index contributed by atoms with van der Waals surface area (Å²) in [6, 6.07) is 7.75. The maximum atomic E-state index is 11.8. The number of ether oxygens (including phenoxy) is 2. The van der Waals surface area contributed by atoms with Crippen LogP contribution in [-0.2, 0) is 16.6 Å². The van der Waals surface area contributed by atoms with E-state index >= 15 is 0 Å². The van der Waals surface area contributed by atoms with Crippen molar-refractivity contribution in [3.05, 3.63) is 35.4 Å². The number of carboxylic acid groups (broad SMARTS) is 1. The first-order valence-electron chi connectivity index (χ1n) is 7.42. The van der Waals surface area contributed by atoms with Crippen LogP contribution in [0.5, 0.6) is 11.5 Å². The molecule has 1 unspecified atom stereocenters. The minimum absolute atomic E-state index is 0.647. The van der Waals surface area contributed by atoms with E-state index in [4.69, 9.17) is 9.47 Å². The molecule has 1 aliphatic carbocycles. The Morgan fingerprint density at radius 2 is 1.95 bits per heavy atom. The lowest BCUT2D eigenvalue weighted by atomic mass is 9.70. The van der Waals surface area contributed by atoms with E-state index in [2.05, 4.69) is 0 Å². The molecule has 0 saturated carbocycles. The minimum atomic E-state index is -0.863. The number of benzene rings is 2. The summed E-state index contributed by atoms with van der Waals surface area (Å²) in [6.07, 6.45) is 2.40. The molecule has 116 valence electrons. The second-order valence-corrected chi connectivity index (χ2v) is 6.01. The molecule has 4 heteroatoms. The topological polar surface area (TPSA) is 55.8 Å². The fourth-order valence-electron chi connectivity index (χ4n) is 3.46. The summed E-state index contributed by atoms with van der Waals surface area (Å²) in [5.74, 6) is 0.703. The largest absolute Gasteiger partial charge is 0.497 e. The van der Waals surface area contributed by atoms with Crippen molar-refractivity contribution in [2.75, 3.05) is 14.2 Å². The number of aryl methyl sites for hydroxylation is 1. The minimum Gasteiger partial charge on any atom is -0.497 e. The van der Waals surface area contributed by atoms with Gasteiger partial charge in [-0.25, -0.2) is 0 Å². The molecule has 0 amide bonds. The van der Waals surface area contributed by atoms with E-state index in [9.17, 15) is 9.90 Å². The molecule has 0 fully saturated rings. The third-order valence-electron chi connectivity index (χ3n) is 4.81. The maximum absolute atomic E-state index is 11.8. The van der Waals surface area contributed by atoms with E-state index in [0.29, 0.717) is 12.2 Å². The third kappa shape index (κ3) is 2.02. The summed E-state index contributed by atoms with van der Waals surface area (Å²) in [5, 5.41) is 11.7. The zero-order chi connectivity index (χ0) is 15.9. The van der Waals surface area contributed by atoms with E-state index < -0.39 is 11.4 Å². The van der Waals surface area contributed by atoms with E-state index in [-0.39, 0.29) is 0 Å². The molecule has 1 aliphatic rings. The molecule has 0 heterocycles. The van der Waals surface area contributed by atoms with Gasteiger partial charge in [0.2, 0.25) is 0 Å². The average molecular weight is 300 g/mol. The SMILES string of the molecule is COc1ccc2c(OC)cc3c(c2c1)CCCC3(C)C(=O)O. The smallest absolute Gasteiger partial charge is 0.313 e. The summed E-state index contributed by atoms with van der Waals surface area (Å²) in [6.45, 7) is 1.80. The summed E-state index contributed by atoms with van der Waals surface area (Å²) < 4.78 is 10.8. The molecule has 0 spiro atoms.